The van der Waals surface area contributed by atoms with Gasteiger partial charge in [-0.15, -0.1) is 11.3 Å². The topological polar surface area (TPSA) is 40.5 Å². The molecule has 4 heteroatoms. The minimum Gasteiger partial charge on any atom is -0.386 e. The van der Waals surface area contributed by atoms with E-state index in [1.807, 2.05) is 47.8 Å². The Balaban J connectivity index is 1.80. The number of aryl methyl sites for hydroxylation is 1. The summed E-state index contributed by atoms with van der Waals surface area (Å²) in [6.07, 6.45) is 0.609. The molecule has 0 bridgehead atoms. The number of aliphatic hydroxyl groups excluding tert-OH is 1. The zero-order valence-corrected chi connectivity index (χ0v) is 12.3. The lowest BCUT2D eigenvalue weighted by Crippen LogP contribution is -2.31. The van der Waals surface area contributed by atoms with Crippen LogP contribution in [0, 0.1) is 0 Å². The number of nitrogens with zero attached hydrogens (tertiary/aromatic N) is 1. The number of amides is 1. The Morgan fingerprint density at radius 2 is 2.00 bits per heavy atom. The van der Waals surface area contributed by atoms with E-state index in [0.717, 1.165) is 16.9 Å². The molecule has 1 atom stereocenters. The van der Waals surface area contributed by atoms with Gasteiger partial charge in [-0.3, -0.25) is 4.79 Å². The second-order valence-corrected chi connectivity index (χ2v) is 5.77. The van der Waals surface area contributed by atoms with Gasteiger partial charge < -0.3 is 10.0 Å². The molecule has 1 unspecified atom stereocenters. The molecule has 0 saturated carbocycles. The van der Waals surface area contributed by atoms with E-state index in [2.05, 4.69) is 0 Å². The van der Waals surface area contributed by atoms with Crippen molar-refractivity contribution in [3.05, 3.63) is 58.3 Å². The molecule has 0 fully saturated rings. The maximum atomic E-state index is 12.0. The fourth-order valence-electron chi connectivity index (χ4n) is 2.02. The lowest BCUT2D eigenvalue weighted by molar-refractivity contribution is -0.131. The average molecular weight is 289 g/mol. The summed E-state index contributed by atoms with van der Waals surface area (Å²) >= 11 is 1.51. The Labute approximate surface area is 123 Å². The molecule has 1 amide bonds. The van der Waals surface area contributed by atoms with Gasteiger partial charge in [-0.1, -0.05) is 36.4 Å². The van der Waals surface area contributed by atoms with Crippen molar-refractivity contribution in [1.82, 2.24) is 4.90 Å². The SMILES string of the molecule is CN(CC(O)c1cccs1)C(=O)CCc1ccccc1. The van der Waals surface area contributed by atoms with Gasteiger partial charge in [0.2, 0.25) is 5.91 Å². The summed E-state index contributed by atoms with van der Waals surface area (Å²) in [6, 6.07) is 13.8. The van der Waals surface area contributed by atoms with E-state index in [0.29, 0.717) is 13.0 Å². The van der Waals surface area contributed by atoms with Gasteiger partial charge in [-0.05, 0) is 23.4 Å². The second-order valence-electron chi connectivity index (χ2n) is 4.79. The fraction of sp³-hybridized carbons (Fsp3) is 0.312. The van der Waals surface area contributed by atoms with Gasteiger partial charge in [0.25, 0.3) is 0 Å². The van der Waals surface area contributed by atoms with Gasteiger partial charge in [-0.2, -0.15) is 0 Å². The first kappa shape index (κ1) is 14.8. The highest BCUT2D eigenvalue weighted by Gasteiger charge is 2.15. The fourth-order valence-corrected chi connectivity index (χ4v) is 2.72. The number of carbonyl (C=O) groups is 1. The lowest BCUT2D eigenvalue weighted by atomic mass is 10.1. The van der Waals surface area contributed by atoms with E-state index < -0.39 is 6.10 Å². The van der Waals surface area contributed by atoms with Gasteiger partial charge in [0.15, 0.2) is 0 Å². The normalized spacial score (nSPS) is 12.1. The van der Waals surface area contributed by atoms with Gasteiger partial charge in [0.1, 0.15) is 6.10 Å². The van der Waals surface area contributed by atoms with Crippen molar-refractivity contribution < 1.29 is 9.90 Å². The van der Waals surface area contributed by atoms with Crippen LogP contribution in [-0.2, 0) is 11.2 Å². The molecule has 0 aliphatic carbocycles. The Morgan fingerprint density at radius 1 is 1.25 bits per heavy atom. The molecule has 2 rings (SSSR count). The molecule has 106 valence electrons. The van der Waals surface area contributed by atoms with Crippen LogP contribution in [0.4, 0.5) is 0 Å². The first-order chi connectivity index (χ1) is 9.66. The Hall–Kier alpha value is -1.65. The van der Waals surface area contributed by atoms with Gasteiger partial charge in [-0.25, -0.2) is 0 Å². The molecule has 1 heterocycles. The molecule has 0 saturated heterocycles. The summed E-state index contributed by atoms with van der Waals surface area (Å²) in [7, 11) is 1.74. The molecule has 0 radical (unpaired) electrons. The van der Waals surface area contributed by atoms with Crippen LogP contribution >= 0.6 is 11.3 Å². The number of thiophene rings is 1. The third-order valence-corrected chi connectivity index (χ3v) is 4.19. The van der Waals surface area contributed by atoms with E-state index in [-0.39, 0.29) is 5.91 Å². The summed E-state index contributed by atoms with van der Waals surface area (Å²) in [6.45, 7) is 0.341. The molecular weight excluding hydrogens is 270 g/mol. The van der Waals surface area contributed by atoms with Crippen LogP contribution in [0.25, 0.3) is 0 Å². The molecular formula is C16H19NO2S. The van der Waals surface area contributed by atoms with Gasteiger partial charge in [0.05, 0.1) is 6.54 Å². The van der Waals surface area contributed by atoms with E-state index in [1.54, 1.807) is 11.9 Å². The minimum absolute atomic E-state index is 0.0597. The molecule has 0 spiro atoms. The first-order valence-corrected chi connectivity index (χ1v) is 7.54. The average Bonchev–Trinajstić information content (AvgIpc) is 3.00. The predicted octanol–water partition coefficient (Wildman–Crippen LogP) is 2.87. The van der Waals surface area contributed by atoms with E-state index in [9.17, 15) is 9.90 Å². The van der Waals surface area contributed by atoms with Crippen molar-refractivity contribution in [3.63, 3.8) is 0 Å². The van der Waals surface area contributed by atoms with Crippen molar-refractivity contribution in [3.8, 4) is 0 Å². The second kappa shape index (κ2) is 7.22. The Bertz CT molecular complexity index is 525. The van der Waals surface area contributed by atoms with E-state index in [1.165, 1.54) is 11.3 Å². The highest BCUT2D eigenvalue weighted by molar-refractivity contribution is 7.10. The minimum atomic E-state index is -0.597. The third-order valence-electron chi connectivity index (χ3n) is 3.21. The zero-order valence-electron chi connectivity index (χ0n) is 11.5. The third kappa shape index (κ3) is 4.18. The molecule has 2 aromatic rings. The Kier molecular flexibility index (Phi) is 5.32. The predicted molar refractivity (Wildman–Crippen MR) is 81.7 cm³/mol. The molecule has 1 aromatic heterocycles. The molecule has 0 aliphatic rings. The number of hydrogen-bond donors (Lipinski definition) is 1. The first-order valence-electron chi connectivity index (χ1n) is 6.66. The van der Waals surface area contributed by atoms with Crippen LogP contribution in [-0.4, -0.2) is 29.5 Å². The zero-order chi connectivity index (χ0) is 14.4. The van der Waals surface area contributed by atoms with Crippen molar-refractivity contribution in [1.29, 1.82) is 0 Å². The van der Waals surface area contributed by atoms with Crippen molar-refractivity contribution in [2.24, 2.45) is 0 Å². The number of rotatable bonds is 6. The quantitative estimate of drug-likeness (QED) is 0.888. The van der Waals surface area contributed by atoms with Crippen molar-refractivity contribution in [2.45, 2.75) is 18.9 Å². The summed E-state index contributed by atoms with van der Waals surface area (Å²) in [5.41, 5.74) is 1.16. The number of hydrogen-bond acceptors (Lipinski definition) is 3. The summed E-state index contributed by atoms with van der Waals surface area (Å²) in [5.74, 6) is 0.0597. The van der Waals surface area contributed by atoms with Gasteiger partial charge >= 0.3 is 0 Å². The number of aliphatic hydroxyl groups is 1. The van der Waals surface area contributed by atoms with Crippen LogP contribution in [0.2, 0.25) is 0 Å². The van der Waals surface area contributed by atoms with Crippen LogP contribution in [0.5, 0.6) is 0 Å². The highest BCUT2D eigenvalue weighted by atomic mass is 32.1. The van der Waals surface area contributed by atoms with E-state index >= 15 is 0 Å². The standard InChI is InChI=1S/C16H19NO2S/c1-17(12-14(18)15-8-5-11-20-15)16(19)10-9-13-6-3-2-4-7-13/h2-8,11,14,18H,9-10,12H2,1H3. The maximum Gasteiger partial charge on any atom is 0.222 e. The van der Waals surface area contributed by atoms with Crippen LogP contribution in [0.3, 0.4) is 0 Å². The largest absolute Gasteiger partial charge is 0.386 e. The molecule has 1 aromatic carbocycles. The number of carbonyl (C=O) groups excluding carboxylic acids is 1. The summed E-state index contributed by atoms with van der Waals surface area (Å²) < 4.78 is 0. The van der Waals surface area contributed by atoms with Crippen molar-refractivity contribution in [2.75, 3.05) is 13.6 Å². The summed E-state index contributed by atoms with van der Waals surface area (Å²) in [4.78, 5) is 14.5. The Morgan fingerprint density at radius 3 is 2.65 bits per heavy atom. The number of benzene rings is 1. The molecule has 1 N–H and O–H groups in total. The molecule has 20 heavy (non-hydrogen) atoms. The molecule has 3 nitrogen and oxygen atoms in total. The maximum absolute atomic E-state index is 12.0. The smallest absolute Gasteiger partial charge is 0.222 e. The van der Waals surface area contributed by atoms with Crippen LogP contribution < -0.4 is 0 Å². The van der Waals surface area contributed by atoms with Crippen LogP contribution in [0.15, 0.2) is 47.8 Å². The van der Waals surface area contributed by atoms with Gasteiger partial charge in [0, 0.05) is 18.3 Å². The van der Waals surface area contributed by atoms with Crippen molar-refractivity contribution >= 4 is 17.2 Å². The highest BCUT2D eigenvalue weighted by Crippen LogP contribution is 2.19. The number of likely N-dealkylation sites (N-methyl/N-ethyl adjacent to an activating group) is 1. The monoisotopic (exact) mass is 289 g/mol. The van der Waals surface area contributed by atoms with Crippen LogP contribution in [0.1, 0.15) is 23.0 Å². The molecule has 0 aliphatic heterocycles. The summed E-state index contributed by atoms with van der Waals surface area (Å²) in [5, 5.41) is 12.0. The lowest BCUT2D eigenvalue weighted by Gasteiger charge is -2.20. The van der Waals surface area contributed by atoms with E-state index in [4.69, 9.17) is 0 Å².